The number of hydrogen-bond donors (Lipinski definition) is 0. The standard InChI is InChI=1S/C59H36N4/c1-2-18-40(19-3-1)57-60-58(44-30-29-37-15-4-5-20-41(37)33-44)62-59(61-57)55-49-27-13-12-26-48(49)54(36-52(55)47-28-14-23-38-16-8-10-24-45(38)47)63-53-35-43-22-7-6-21-42(43)34-51(53)50-32-31-39-17-9-11-25-46(39)56(50)63/h1-36H. The van der Waals surface area contributed by atoms with E-state index >= 15 is 0 Å². The third-order valence-electron chi connectivity index (χ3n) is 12.8. The number of benzene rings is 11. The van der Waals surface area contributed by atoms with Crippen LogP contribution in [0.3, 0.4) is 0 Å². The second kappa shape index (κ2) is 14.1. The van der Waals surface area contributed by atoms with E-state index in [1.165, 1.54) is 48.6 Å². The molecule has 0 spiro atoms. The molecular formula is C59H36N4. The highest BCUT2D eigenvalue weighted by Crippen LogP contribution is 2.46. The van der Waals surface area contributed by atoms with Crippen molar-refractivity contribution in [1.29, 1.82) is 0 Å². The second-order valence-electron chi connectivity index (χ2n) is 16.4. The fourth-order valence-electron chi connectivity index (χ4n) is 9.83. The number of nitrogens with zero attached hydrogens (tertiary/aromatic N) is 4. The highest BCUT2D eigenvalue weighted by atomic mass is 15.0. The van der Waals surface area contributed by atoms with Gasteiger partial charge in [-0.05, 0) is 78.5 Å². The van der Waals surface area contributed by atoms with Crippen molar-refractivity contribution in [3.05, 3.63) is 218 Å². The molecule has 0 fully saturated rings. The lowest BCUT2D eigenvalue weighted by Gasteiger charge is -2.20. The quantitative estimate of drug-likeness (QED) is 0.174. The summed E-state index contributed by atoms with van der Waals surface area (Å²) >= 11 is 0. The van der Waals surface area contributed by atoms with Crippen molar-refractivity contribution < 1.29 is 0 Å². The Morgan fingerprint density at radius 2 is 0.841 bits per heavy atom. The average molecular weight is 801 g/mol. The van der Waals surface area contributed by atoms with E-state index in [0.29, 0.717) is 17.5 Å². The van der Waals surface area contributed by atoms with E-state index < -0.39 is 0 Å². The minimum atomic E-state index is 0.622. The van der Waals surface area contributed by atoms with Gasteiger partial charge in [-0.2, -0.15) is 0 Å². The predicted molar refractivity (Wildman–Crippen MR) is 263 cm³/mol. The van der Waals surface area contributed by atoms with Gasteiger partial charge in [0.25, 0.3) is 0 Å². The average Bonchev–Trinajstić information content (AvgIpc) is 3.68. The van der Waals surface area contributed by atoms with E-state index in [-0.39, 0.29) is 0 Å². The molecule has 63 heavy (non-hydrogen) atoms. The molecule has 0 N–H and O–H groups in total. The van der Waals surface area contributed by atoms with Crippen molar-refractivity contribution in [1.82, 2.24) is 19.5 Å². The Kier molecular flexibility index (Phi) is 7.87. The molecule has 0 aliphatic heterocycles. The third kappa shape index (κ3) is 5.66. The fraction of sp³-hybridized carbons (Fsp3) is 0. The van der Waals surface area contributed by atoms with Gasteiger partial charge in [0.1, 0.15) is 0 Å². The summed E-state index contributed by atoms with van der Waals surface area (Å²) in [6.07, 6.45) is 0. The van der Waals surface area contributed by atoms with Gasteiger partial charge in [0, 0.05) is 38.2 Å². The van der Waals surface area contributed by atoms with Crippen LogP contribution in [0.5, 0.6) is 0 Å². The molecule has 0 bridgehead atoms. The lowest BCUT2D eigenvalue weighted by atomic mass is 9.89. The van der Waals surface area contributed by atoms with Crippen LogP contribution in [-0.4, -0.2) is 19.5 Å². The van der Waals surface area contributed by atoms with Crippen molar-refractivity contribution in [3.8, 4) is 51.0 Å². The first-order valence-corrected chi connectivity index (χ1v) is 21.4. The maximum Gasteiger partial charge on any atom is 0.165 e. The van der Waals surface area contributed by atoms with E-state index in [1.54, 1.807) is 0 Å². The van der Waals surface area contributed by atoms with Crippen molar-refractivity contribution in [3.63, 3.8) is 0 Å². The van der Waals surface area contributed by atoms with E-state index in [2.05, 4.69) is 205 Å². The topological polar surface area (TPSA) is 43.6 Å². The summed E-state index contributed by atoms with van der Waals surface area (Å²) in [5, 5.41) is 14.1. The molecule has 4 nitrogen and oxygen atoms in total. The van der Waals surface area contributed by atoms with Gasteiger partial charge in [0.15, 0.2) is 17.5 Å². The lowest BCUT2D eigenvalue weighted by molar-refractivity contribution is 1.08. The van der Waals surface area contributed by atoms with Crippen LogP contribution in [-0.2, 0) is 0 Å². The summed E-state index contributed by atoms with van der Waals surface area (Å²) in [7, 11) is 0. The van der Waals surface area contributed by atoms with Crippen LogP contribution in [0, 0.1) is 0 Å². The van der Waals surface area contributed by atoms with Crippen LogP contribution in [0.25, 0.3) is 127 Å². The van der Waals surface area contributed by atoms with Gasteiger partial charge in [0.05, 0.1) is 16.7 Å². The molecule has 0 saturated carbocycles. The molecule has 292 valence electrons. The summed E-state index contributed by atoms with van der Waals surface area (Å²) < 4.78 is 2.52. The predicted octanol–water partition coefficient (Wildman–Crippen LogP) is 15.4. The van der Waals surface area contributed by atoms with Gasteiger partial charge in [-0.1, -0.05) is 194 Å². The number of rotatable bonds is 5. The van der Waals surface area contributed by atoms with Crippen LogP contribution < -0.4 is 0 Å². The lowest BCUT2D eigenvalue weighted by Crippen LogP contribution is -2.04. The first kappa shape index (κ1) is 35.3. The Labute approximate surface area is 363 Å². The molecule has 11 aromatic carbocycles. The molecule has 2 heterocycles. The van der Waals surface area contributed by atoms with Gasteiger partial charge in [-0.15, -0.1) is 0 Å². The largest absolute Gasteiger partial charge is 0.308 e. The Morgan fingerprint density at radius 1 is 0.286 bits per heavy atom. The highest BCUT2D eigenvalue weighted by molar-refractivity contribution is 6.22. The Morgan fingerprint density at radius 3 is 1.62 bits per heavy atom. The monoisotopic (exact) mass is 800 g/mol. The Balaban J connectivity index is 1.19. The molecule has 0 radical (unpaired) electrons. The molecular weight excluding hydrogens is 765 g/mol. The maximum atomic E-state index is 5.46. The number of hydrogen-bond acceptors (Lipinski definition) is 3. The first-order valence-electron chi connectivity index (χ1n) is 21.4. The van der Waals surface area contributed by atoms with Crippen molar-refractivity contribution >= 4 is 75.7 Å². The fourth-order valence-corrected chi connectivity index (χ4v) is 9.83. The molecule has 4 heteroatoms. The third-order valence-corrected chi connectivity index (χ3v) is 12.8. The SMILES string of the molecule is c1ccc(-c2nc(-c3ccc4ccccc4c3)nc(-c3c(-c4cccc5ccccc45)cc(-n4c5cc6ccccc6cc5c5ccc6ccccc6c54)c4ccccc34)n2)cc1. The van der Waals surface area contributed by atoms with Gasteiger partial charge in [-0.25, -0.2) is 15.0 Å². The molecule has 0 amide bonds. The Bertz CT molecular complexity index is 3970. The van der Waals surface area contributed by atoms with Crippen LogP contribution >= 0.6 is 0 Å². The summed E-state index contributed by atoms with van der Waals surface area (Å²) in [6, 6.07) is 78.4. The highest BCUT2D eigenvalue weighted by Gasteiger charge is 2.24. The summed E-state index contributed by atoms with van der Waals surface area (Å²) in [6.45, 7) is 0. The van der Waals surface area contributed by atoms with E-state index in [4.69, 9.17) is 15.0 Å². The van der Waals surface area contributed by atoms with Crippen LogP contribution in [0.1, 0.15) is 0 Å². The maximum absolute atomic E-state index is 5.46. The minimum Gasteiger partial charge on any atom is -0.308 e. The van der Waals surface area contributed by atoms with E-state index in [9.17, 15) is 0 Å². The van der Waals surface area contributed by atoms with Crippen molar-refractivity contribution in [2.45, 2.75) is 0 Å². The molecule has 0 atom stereocenters. The molecule has 0 aliphatic carbocycles. The summed E-state index contributed by atoms with van der Waals surface area (Å²) in [4.78, 5) is 16.1. The van der Waals surface area contributed by atoms with E-state index in [0.717, 1.165) is 60.6 Å². The second-order valence-corrected chi connectivity index (χ2v) is 16.4. The zero-order valence-electron chi connectivity index (χ0n) is 34.1. The van der Waals surface area contributed by atoms with Gasteiger partial charge in [0.2, 0.25) is 0 Å². The smallest absolute Gasteiger partial charge is 0.165 e. The van der Waals surface area contributed by atoms with Crippen LogP contribution in [0.15, 0.2) is 218 Å². The molecule has 0 unspecified atom stereocenters. The molecule has 0 aliphatic rings. The van der Waals surface area contributed by atoms with Gasteiger partial charge >= 0.3 is 0 Å². The zero-order valence-corrected chi connectivity index (χ0v) is 34.1. The van der Waals surface area contributed by atoms with Crippen LogP contribution in [0.4, 0.5) is 0 Å². The normalized spacial score (nSPS) is 11.8. The van der Waals surface area contributed by atoms with Crippen molar-refractivity contribution in [2.75, 3.05) is 0 Å². The Hall–Kier alpha value is -8.47. The first-order chi connectivity index (χ1) is 31.2. The van der Waals surface area contributed by atoms with Crippen LogP contribution in [0.2, 0.25) is 0 Å². The molecule has 13 rings (SSSR count). The summed E-state index contributed by atoms with van der Waals surface area (Å²) in [5.74, 6) is 1.88. The number of fused-ring (bicyclic) bond motifs is 9. The van der Waals surface area contributed by atoms with Gasteiger partial charge in [-0.3, -0.25) is 0 Å². The number of aromatic nitrogens is 4. The zero-order chi connectivity index (χ0) is 41.4. The molecule has 0 saturated heterocycles. The summed E-state index contributed by atoms with van der Waals surface area (Å²) in [5.41, 5.74) is 8.43. The molecule has 13 aromatic rings. The van der Waals surface area contributed by atoms with Gasteiger partial charge < -0.3 is 4.57 Å². The minimum absolute atomic E-state index is 0.622. The van der Waals surface area contributed by atoms with E-state index in [1.807, 2.05) is 18.2 Å². The van der Waals surface area contributed by atoms with Crippen molar-refractivity contribution in [2.24, 2.45) is 0 Å². The molecule has 2 aromatic heterocycles.